The van der Waals surface area contributed by atoms with Crippen LogP contribution >= 0.6 is 0 Å². The fraction of sp³-hybridized carbons (Fsp3) is 0.750. The number of aliphatic hydroxyl groups is 1. The molecule has 8 heavy (non-hydrogen) atoms. The number of carboxylic acids is 1. The fourth-order valence-corrected chi connectivity index (χ4v) is 0.151. The lowest BCUT2D eigenvalue weighted by Crippen LogP contribution is -2.46. The van der Waals surface area contributed by atoms with Gasteiger partial charge in [-0.05, 0) is 6.42 Å². The number of carbonyl (C=O) groups is 1. The zero-order valence-corrected chi connectivity index (χ0v) is 4.59. The SMILES string of the molecule is CCC(N)(O)C(=O)O. The van der Waals surface area contributed by atoms with Crippen molar-refractivity contribution in [3.8, 4) is 0 Å². The molecule has 0 radical (unpaired) electrons. The van der Waals surface area contributed by atoms with E-state index < -0.39 is 11.7 Å². The zero-order chi connectivity index (χ0) is 6.78. The lowest BCUT2D eigenvalue weighted by atomic mass is 10.2. The maximum absolute atomic E-state index is 9.88. The minimum absolute atomic E-state index is 0.0162. The van der Waals surface area contributed by atoms with Crippen molar-refractivity contribution in [2.75, 3.05) is 0 Å². The van der Waals surface area contributed by atoms with Gasteiger partial charge in [0.15, 0.2) is 0 Å². The van der Waals surface area contributed by atoms with Gasteiger partial charge >= 0.3 is 5.97 Å². The van der Waals surface area contributed by atoms with Crippen LogP contribution in [0.5, 0.6) is 0 Å². The topological polar surface area (TPSA) is 83.5 Å². The first-order valence-electron chi connectivity index (χ1n) is 2.25. The van der Waals surface area contributed by atoms with Crippen molar-refractivity contribution in [1.29, 1.82) is 0 Å². The summed E-state index contributed by atoms with van der Waals surface area (Å²) in [7, 11) is 0. The van der Waals surface area contributed by atoms with Crippen molar-refractivity contribution in [3.63, 3.8) is 0 Å². The maximum atomic E-state index is 9.88. The Balaban J connectivity index is 3.91. The molecule has 48 valence electrons. The van der Waals surface area contributed by atoms with Gasteiger partial charge in [-0.3, -0.25) is 5.73 Å². The lowest BCUT2D eigenvalue weighted by molar-refractivity contribution is -0.158. The molecule has 0 aliphatic rings. The van der Waals surface area contributed by atoms with Gasteiger partial charge < -0.3 is 10.2 Å². The number of rotatable bonds is 2. The van der Waals surface area contributed by atoms with E-state index in [-0.39, 0.29) is 6.42 Å². The molecule has 1 unspecified atom stereocenters. The summed E-state index contributed by atoms with van der Waals surface area (Å²) in [4.78, 5) is 9.88. The third-order valence-electron chi connectivity index (χ3n) is 0.909. The van der Waals surface area contributed by atoms with Crippen molar-refractivity contribution in [2.24, 2.45) is 5.73 Å². The van der Waals surface area contributed by atoms with Crippen molar-refractivity contribution >= 4 is 5.97 Å². The van der Waals surface area contributed by atoms with Crippen molar-refractivity contribution < 1.29 is 15.0 Å². The summed E-state index contributed by atoms with van der Waals surface area (Å²) >= 11 is 0. The standard InChI is InChI=1S/C4H9NO3/c1-2-4(5,8)3(6)7/h8H,2,5H2,1H3,(H,6,7). The molecule has 4 heteroatoms. The molecule has 0 amide bonds. The molecule has 0 heterocycles. The van der Waals surface area contributed by atoms with Gasteiger partial charge in [-0.15, -0.1) is 0 Å². The number of hydrogen-bond donors (Lipinski definition) is 3. The molecule has 0 rings (SSSR count). The molecule has 0 fully saturated rings. The largest absolute Gasteiger partial charge is 0.478 e. The molecule has 1 atom stereocenters. The van der Waals surface area contributed by atoms with Crippen LogP contribution in [0.15, 0.2) is 0 Å². The second-order valence-electron chi connectivity index (χ2n) is 1.58. The van der Waals surface area contributed by atoms with Crippen LogP contribution in [-0.2, 0) is 4.79 Å². The summed E-state index contributed by atoms with van der Waals surface area (Å²) in [5, 5.41) is 16.6. The van der Waals surface area contributed by atoms with E-state index in [1.54, 1.807) is 0 Å². The van der Waals surface area contributed by atoms with Gasteiger partial charge in [-0.1, -0.05) is 6.92 Å². The first kappa shape index (κ1) is 7.39. The van der Waals surface area contributed by atoms with E-state index >= 15 is 0 Å². The smallest absolute Gasteiger partial charge is 0.350 e. The predicted octanol–water partition coefficient (Wildman–Crippen LogP) is -0.872. The van der Waals surface area contributed by atoms with Gasteiger partial charge in [0.05, 0.1) is 0 Å². The quantitative estimate of drug-likeness (QED) is 0.412. The normalized spacial score (nSPS) is 17.4. The summed E-state index contributed by atoms with van der Waals surface area (Å²) in [6, 6.07) is 0. The van der Waals surface area contributed by atoms with Gasteiger partial charge in [0.1, 0.15) is 0 Å². The minimum Gasteiger partial charge on any atom is -0.478 e. The molecule has 0 aromatic carbocycles. The van der Waals surface area contributed by atoms with E-state index in [2.05, 4.69) is 0 Å². The molecule has 0 spiro atoms. The van der Waals surface area contributed by atoms with Gasteiger partial charge in [0.25, 0.3) is 0 Å². The highest BCUT2D eigenvalue weighted by Crippen LogP contribution is 1.98. The second kappa shape index (κ2) is 2.11. The summed E-state index contributed by atoms with van der Waals surface area (Å²) in [5.74, 6) is -1.39. The average Bonchev–Trinajstić information content (AvgIpc) is 1.67. The molecule has 4 nitrogen and oxygen atoms in total. The number of carboxylic acid groups (broad SMARTS) is 1. The van der Waals surface area contributed by atoms with Crippen LogP contribution in [0.3, 0.4) is 0 Å². The predicted molar refractivity (Wildman–Crippen MR) is 27.1 cm³/mol. The highest BCUT2D eigenvalue weighted by atomic mass is 16.4. The van der Waals surface area contributed by atoms with Crippen LogP contribution in [0, 0.1) is 0 Å². The Hall–Kier alpha value is -0.610. The fourth-order valence-electron chi connectivity index (χ4n) is 0.151. The Bertz CT molecular complexity index is 99.5. The third-order valence-corrected chi connectivity index (χ3v) is 0.909. The molecule has 4 N–H and O–H groups in total. The van der Waals surface area contributed by atoms with E-state index in [1.165, 1.54) is 6.92 Å². The Morgan fingerprint density at radius 2 is 2.25 bits per heavy atom. The maximum Gasteiger partial charge on any atom is 0.350 e. The Morgan fingerprint density at radius 3 is 2.25 bits per heavy atom. The summed E-state index contributed by atoms with van der Waals surface area (Å²) in [6.45, 7) is 1.49. The van der Waals surface area contributed by atoms with Gasteiger partial charge in [0, 0.05) is 0 Å². The van der Waals surface area contributed by atoms with Crippen LogP contribution in [0.4, 0.5) is 0 Å². The molecule has 0 saturated carbocycles. The monoisotopic (exact) mass is 119 g/mol. The van der Waals surface area contributed by atoms with Crippen molar-refractivity contribution in [3.05, 3.63) is 0 Å². The molecular formula is C4H9NO3. The van der Waals surface area contributed by atoms with Crippen LogP contribution in [-0.4, -0.2) is 21.9 Å². The van der Waals surface area contributed by atoms with Crippen LogP contribution in [0.2, 0.25) is 0 Å². The number of aliphatic carboxylic acids is 1. The minimum atomic E-state index is -2.04. The van der Waals surface area contributed by atoms with Gasteiger partial charge in [-0.2, -0.15) is 0 Å². The van der Waals surface area contributed by atoms with E-state index in [0.717, 1.165) is 0 Å². The lowest BCUT2D eigenvalue weighted by Gasteiger charge is -2.13. The zero-order valence-electron chi connectivity index (χ0n) is 4.59. The molecule has 0 saturated heterocycles. The van der Waals surface area contributed by atoms with Gasteiger partial charge in [0.2, 0.25) is 5.72 Å². The second-order valence-corrected chi connectivity index (χ2v) is 1.58. The van der Waals surface area contributed by atoms with Crippen LogP contribution in [0.25, 0.3) is 0 Å². The molecule has 0 aliphatic carbocycles. The average molecular weight is 119 g/mol. The third kappa shape index (κ3) is 1.48. The Kier molecular flexibility index (Phi) is 1.94. The molecule has 0 bridgehead atoms. The van der Waals surface area contributed by atoms with Crippen molar-refractivity contribution in [1.82, 2.24) is 0 Å². The van der Waals surface area contributed by atoms with E-state index in [0.29, 0.717) is 0 Å². The van der Waals surface area contributed by atoms with E-state index in [9.17, 15) is 4.79 Å². The number of nitrogens with two attached hydrogens (primary N) is 1. The number of hydrogen-bond acceptors (Lipinski definition) is 3. The highest BCUT2D eigenvalue weighted by molar-refractivity contribution is 5.75. The first-order valence-corrected chi connectivity index (χ1v) is 2.25. The van der Waals surface area contributed by atoms with Crippen LogP contribution in [0.1, 0.15) is 13.3 Å². The Labute approximate surface area is 46.9 Å². The summed E-state index contributed by atoms with van der Waals surface area (Å²) in [6.07, 6.45) is 0.0162. The molecule has 0 aliphatic heterocycles. The first-order chi connectivity index (χ1) is 3.50. The van der Waals surface area contributed by atoms with Crippen LogP contribution < -0.4 is 5.73 Å². The van der Waals surface area contributed by atoms with Crippen molar-refractivity contribution in [2.45, 2.75) is 19.1 Å². The Morgan fingerprint density at radius 1 is 1.88 bits per heavy atom. The van der Waals surface area contributed by atoms with E-state index in [4.69, 9.17) is 15.9 Å². The molecular weight excluding hydrogens is 110 g/mol. The highest BCUT2D eigenvalue weighted by Gasteiger charge is 2.27. The summed E-state index contributed by atoms with van der Waals surface area (Å²) < 4.78 is 0. The van der Waals surface area contributed by atoms with E-state index in [1.807, 2.05) is 0 Å². The summed E-state index contributed by atoms with van der Waals surface area (Å²) in [5.41, 5.74) is 2.77. The molecule has 0 aromatic heterocycles. The van der Waals surface area contributed by atoms with Gasteiger partial charge in [-0.25, -0.2) is 4.79 Å². The molecule has 0 aromatic rings.